The second-order valence-corrected chi connectivity index (χ2v) is 7.23. The number of methoxy groups -OCH3 is 3. The molecule has 0 radical (unpaired) electrons. The molecule has 33 heavy (non-hydrogen) atoms. The predicted octanol–water partition coefficient (Wildman–Crippen LogP) is 2.71. The molecular weight excluding hydrogens is 424 g/mol. The lowest BCUT2D eigenvalue weighted by Crippen LogP contribution is -2.28. The minimum atomic E-state index is -0.285. The van der Waals surface area contributed by atoms with Crippen LogP contribution in [0.25, 0.3) is 16.5 Å². The van der Waals surface area contributed by atoms with Crippen molar-refractivity contribution in [2.24, 2.45) is 0 Å². The summed E-state index contributed by atoms with van der Waals surface area (Å²) in [7, 11) is 4.51. The van der Waals surface area contributed by atoms with Crippen LogP contribution in [0.2, 0.25) is 0 Å². The van der Waals surface area contributed by atoms with Gasteiger partial charge in [-0.25, -0.2) is 4.98 Å². The Kier molecular flexibility index (Phi) is 6.30. The van der Waals surface area contributed by atoms with Gasteiger partial charge in [0.15, 0.2) is 11.5 Å². The third-order valence-electron chi connectivity index (χ3n) is 5.33. The largest absolute Gasteiger partial charge is 0.493 e. The molecule has 0 aliphatic rings. The number of hydrogen-bond acceptors (Lipinski definition) is 6. The molecule has 1 amide bonds. The standard InChI is InChI=1S/C24H24N4O5/c1-31-20-10-16(11-21(32-2)22(20)33-3)28-13-19(17-6-4-5-7-18(17)24(28)30)23(29)26-9-8-15-12-25-14-27-15/h4-7,10-14H,8-9H2,1-3H3,(H,25,27)(H,26,29). The van der Waals surface area contributed by atoms with Crippen molar-refractivity contribution in [3.05, 3.63) is 76.7 Å². The molecule has 2 N–H and O–H groups in total. The van der Waals surface area contributed by atoms with E-state index >= 15 is 0 Å². The molecule has 170 valence electrons. The van der Waals surface area contributed by atoms with E-state index in [0.29, 0.717) is 52.2 Å². The van der Waals surface area contributed by atoms with E-state index in [9.17, 15) is 9.59 Å². The van der Waals surface area contributed by atoms with Crippen LogP contribution < -0.4 is 25.1 Å². The Morgan fingerprint density at radius 3 is 2.36 bits per heavy atom. The number of imidazole rings is 1. The summed E-state index contributed by atoms with van der Waals surface area (Å²) in [6.07, 6.45) is 5.46. The zero-order valence-electron chi connectivity index (χ0n) is 18.5. The normalized spacial score (nSPS) is 10.8. The van der Waals surface area contributed by atoms with E-state index in [1.54, 1.807) is 48.9 Å². The van der Waals surface area contributed by atoms with Gasteiger partial charge in [0.25, 0.3) is 11.5 Å². The summed E-state index contributed by atoms with van der Waals surface area (Å²) in [6, 6.07) is 10.4. The second kappa shape index (κ2) is 9.47. The van der Waals surface area contributed by atoms with Crippen molar-refractivity contribution in [2.75, 3.05) is 27.9 Å². The van der Waals surface area contributed by atoms with E-state index in [0.717, 1.165) is 5.69 Å². The SMILES string of the molecule is COc1cc(-n2cc(C(=O)NCCc3cnc[nH]3)c3ccccc3c2=O)cc(OC)c1OC. The molecule has 9 nitrogen and oxygen atoms in total. The van der Waals surface area contributed by atoms with Gasteiger partial charge in [-0.3, -0.25) is 14.2 Å². The summed E-state index contributed by atoms with van der Waals surface area (Å²) in [5.74, 6) is 0.927. The maximum atomic E-state index is 13.3. The van der Waals surface area contributed by atoms with Gasteiger partial charge in [-0.15, -0.1) is 0 Å². The fourth-order valence-electron chi connectivity index (χ4n) is 3.70. The highest BCUT2D eigenvalue weighted by atomic mass is 16.5. The van der Waals surface area contributed by atoms with E-state index in [1.807, 2.05) is 0 Å². The summed E-state index contributed by atoms with van der Waals surface area (Å²) in [6.45, 7) is 0.415. The lowest BCUT2D eigenvalue weighted by atomic mass is 10.1. The number of carbonyl (C=O) groups excluding carboxylic acids is 1. The van der Waals surface area contributed by atoms with Gasteiger partial charge in [0.2, 0.25) is 5.75 Å². The Morgan fingerprint density at radius 1 is 1.06 bits per heavy atom. The Hall–Kier alpha value is -4.27. The Balaban J connectivity index is 1.79. The number of H-pyrrole nitrogens is 1. The molecule has 0 bridgehead atoms. The molecular formula is C24H24N4O5. The van der Waals surface area contributed by atoms with Crippen molar-refractivity contribution < 1.29 is 19.0 Å². The van der Waals surface area contributed by atoms with Gasteiger partial charge in [0, 0.05) is 54.0 Å². The van der Waals surface area contributed by atoms with Crippen molar-refractivity contribution in [3.8, 4) is 22.9 Å². The quantitative estimate of drug-likeness (QED) is 0.429. The molecule has 0 saturated carbocycles. The van der Waals surface area contributed by atoms with Gasteiger partial charge in [0.1, 0.15) is 0 Å². The zero-order valence-corrected chi connectivity index (χ0v) is 18.5. The van der Waals surface area contributed by atoms with E-state index in [-0.39, 0.29) is 11.5 Å². The predicted molar refractivity (Wildman–Crippen MR) is 124 cm³/mol. The highest BCUT2D eigenvalue weighted by molar-refractivity contribution is 6.06. The fraction of sp³-hybridized carbons (Fsp3) is 0.208. The third kappa shape index (κ3) is 4.25. The minimum absolute atomic E-state index is 0.270. The third-order valence-corrected chi connectivity index (χ3v) is 5.33. The molecule has 0 spiro atoms. The van der Waals surface area contributed by atoms with Crippen molar-refractivity contribution in [3.63, 3.8) is 0 Å². The van der Waals surface area contributed by atoms with Gasteiger partial charge < -0.3 is 24.5 Å². The molecule has 2 aromatic heterocycles. The number of aromatic nitrogens is 3. The summed E-state index contributed by atoms with van der Waals surface area (Å²) < 4.78 is 17.6. The smallest absolute Gasteiger partial charge is 0.263 e. The number of ether oxygens (including phenoxy) is 3. The number of hydrogen-bond donors (Lipinski definition) is 2. The van der Waals surface area contributed by atoms with Gasteiger partial charge >= 0.3 is 0 Å². The minimum Gasteiger partial charge on any atom is -0.493 e. The molecule has 0 fully saturated rings. The summed E-state index contributed by atoms with van der Waals surface area (Å²) in [4.78, 5) is 33.4. The van der Waals surface area contributed by atoms with Crippen LogP contribution in [-0.2, 0) is 6.42 Å². The summed E-state index contributed by atoms with van der Waals surface area (Å²) in [5, 5.41) is 3.92. The monoisotopic (exact) mass is 448 g/mol. The number of amides is 1. The first-order chi connectivity index (χ1) is 16.1. The second-order valence-electron chi connectivity index (χ2n) is 7.23. The number of nitrogens with zero attached hydrogens (tertiary/aromatic N) is 2. The number of carbonyl (C=O) groups is 1. The highest BCUT2D eigenvalue weighted by Crippen LogP contribution is 2.39. The maximum Gasteiger partial charge on any atom is 0.263 e. The van der Waals surface area contributed by atoms with Crippen LogP contribution in [-0.4, -0.2) is 48.3 Å². The molecule has 0 aliphatic heterocycles. The molecule has 0 aliphatic carbocycles. The van der Waals surface area contributed by atoms with Crippen LogP contribution in [0.4, 0.5) is 0 Å². The number of aromatic amines is 1. The lowest BCUT2D eigenvalue weighted by molar-refractivity contribution is 0.0955. The van der Waals surface area contributed by atoms with E-state index in [4.69, 9.17) is 14.2 Å². The molecule has 4 rings (SSSR count). The van der Waals surface area contributed by atoms with Crippen molar-refractivity contribution in [2.45, 2.75) is 6.42 Å². The fourth-order valence-corrected chi connectivity index (χ4v) is 3.70. The van der Waals surface area contributed by atoms with E-state index in [1.165, 1.54) is 32.1 Å². The van der Waals surface area contributed by atoms with Gasteiger partial charge in [0.05, 0.1) is 38.9 Å². The average Bonchev–Trinajstić information content (AvgIpc) is 3.37. The lowest BCUT2D eigenvalue weighted by Gasteiger charge is -2.17. The number of fused-ring (bicyclic) bond motifs is 1. The molecule has 0 saturated heterocycles. The van der Waals surface area contributed by atoms with Gasteiger partial charge in [-0.2, -0.15) is 0 Å². The average molecular weight is 448 g/mol. The Labute approximate surface area is 189 Å². The number of nitrogens with one attached hydrogen (secondary N) is 2. The molecule has 4 aromatic rings. The number of benzene rings is 2. The van der Waals surface area contributed by atoms with Crippen LogP contribution in [0.5, 0.6) is 17.2 Å². The zero-order chi connectivity index (χ0) is 23.4. The molecule has 0 unspecified atom stereocenters. The first-order valence-corrected chi connectivity index (χ1v) is 10.3. The Bertz CT molecular complexity index is 1320. The number of rotatable bonds is 8. The summed E-state index contributed by atoms with van der Waals surface area (Å²) >= 11 is 0. The molecule has 2 heterocycles. The highest BCUT2D eigenvalue weighted by Gasteiger charge is 2.19. The first-order valence-electron chi connectivity index (χ1n) is 10.3. The molecule has 0 atom stereocenters. The van der Waals surface area contributed by atoms with E-state index < -0.39 is 0 Å². The molecule has 2 aromatic carbocycles. The topological polar surface area (TPSA) is 107 Å². The number of pyridine rings is 1. The van der Waals surface area contributed by atoms with Crippen LogP contribution in [0, 0.1) is 0 Å². The van der Waals surface area contributed by atoms with Crippen molar-refractivity contribution >= 4 is 16.7 Å². The van der Waals surface area contributed by atoms with Crippen molar-refractivity contribution in [1.82, 2.24) is 19.9 Å². The molecule has 9 heteroatoms. The first kappa shape index (κ1) is 21.9. The van der Waals surface area contributed by atoms with Crippen molar-refractivity contribution in [1.29, 1.82) is 0 Å². The van der Waals surface area contributed by atoms with Crippen LogP contribution in [0.1, 0.15) is 16.1 Å². The van der Waals surface area contributed by atoms with Gasteiger partial charge in [-0.1, -0.05) is 18.2 Å². The van der Waals surface area contributed by atoms with Crippen LogP contribution in [0.15, 0.2) is 59.9 Å². The van der Waals surface area contributed by atoms with E-state index in [2.05, 4.69) is 15.3 Å². The maximum absolute atomic E-state index is 13.3. The Morgan fingerprint density at radius 2 is 1.76 bits per heavy atom. The van der Waals surface area contributed by atoms with Gasteiger partial charge in [-0.05, 0) is 6.07 Å². The van der Waals surface area contributed by atoms with Crippen LogP contribution in [0.3, 0.4) is 0 Å². The summed E-state index contributed by atoms with van der Waals surface area (Å²) in [5.41, 5.74) is 1.51. The van der Waals surface area contributed by atoms with Crippen LogP contribution >= 0.6 is 0 Å².